The lowest BCUT2D eigenvalue weighted by Gasteiger charge is -2.33. The summed E-state index contributed by atoms with van der Waals surface area (Å²) in [6.45, 7) is 2.39. The SMILES string of the molecule is NCC(c1c[nH]c2ccccc12)C1COC1. The monoisotopic (exact) mass is 216 g/mol. The van der Waals surface area contributed by atoms with Crippen LogP contribution in [0.2, 0.25) is 0 Å². The van der Waals surface area contributed by atoms with Crippen LogP contribution in [0, 0.1) is 5.92 Å². The van der Waals surface area contributed by atoms with Gasteiger partial charge in [0.15, 0.2) is 0 Å². The zero-order valence-corrected chi connectivity index (χ0v) is 9.15. The van der Waals surface area contributed by atoms with E-state index in [1.165, 1.54) is 16.5 Å². The molecule has 84 valence electrons. The van der Waals surface area contributed by atoms with Crippen LogP contribution in [0.25, 0.3) is 10.9 Å². The minimum atomic E-state index is 0.421. The van der Waals surface area contributed by atoms with E-state index in [9.17, 15) is 0 Å². The first kappa shape index (κ1) is 9.87. The van der Waals surface area contributed by atoms with Gasteiger partial charge in [0.25, 0.3) is 0 Å². The summed E-state index contributed by atoms with van der Waals surface area (Å²) in [5.41, 5.74) is 8.43. The minimum absolute atomic E-state index is 0.421. The van der Waals surface area contributed by atoms with Crippen molar-refractivity contribution in [2.75, 3.05) is 19.8 Å². The van der Waals surface area contributed by atoms with Crippen molar-refractivity contribution in [3.8, 4) is 0 Å². The Bertz CT molecular complexity index is 487. The fraction of sp³-hybridized carbons (Fsp3) is 0.385. The third-order valence-corrected chi connectivity index (χ3v) is 3.51. The molecule has 1 atom stereocenters. The van der Waals surface area contributed by atoms with E-state index in [2.05, 4.69) is 29.4 Å². The van der Waals surface area contributed by atoms with Crippen LogP contribution in [0.4, 0.5) is 0 Å². The second kappa shape index (κ2) is 3.92. The van der Waals surface area contributed by atoms with E-state index in [-0.39, 0.29) is 0 Å². The lowest BCUT2D eigenvalue weighted by Crippen LogP contribution is -2.36. The topological polar surface area (TPSA) is 51.0 Å². The maximum atomic E-state index is 5.90. The van der Waals surface area contributed by atoms with Crippen LogP contribution in [0.15, 0.2) is 30.5 Å². The summed E-state index contributed by atoms with van der Waals surface area (Å²) in [4.78, 5) is 3.31. The van der Waals surface area contributed by atoms with Gasteiger partial charge in [0.2, 0.25) is 0 Å². The Morgan fingerprint density at radius 2 is 2.19 bits per heavy atom. The highest BCUT2D eigenvalue weighted by atomic mass is 16.5. The van der Waals surface area contributed by atoms with Crippen LogP contribution in [0.5, 0.6) is 0 Å². The lowest BCUT2D eigenvalue weighted by atomic mass is 9.85. The van der Waals surface area contributed by atoms with E-state index in [0.29, 0.717) is 18.4 Å². The van der Waals surface area contributed by atoms with E-state index in [0.717, 1.165) is 13.2 Å². The van der Waals surface area contributed by atoms with Crippen molar-refractivity contribution in [2.45, 2.75) is 5.92 Å². The molecular formula is C13H16N2O. The molecule has 1 saturated heterocycles. The number of aromatic nitrogens is 1. The molecule has 0 aliphatic carbocycles. The van der Waals surface area contributed by atoms with Gasteiger partial charge in [-0.3, -0.25) is 0 Å². The first-order chi connectivity index (χ1) is 7.90. The van der Waals surface area contributed by atoms with E-state index in [1.54, 1.807) is 0 Å². The molecule has 0 radical (unpaired) electrons. The summed E-state index contributed by atoms with van der Waals surface area (Å²) < 4.78 is 5.26. The number of fused-ring (bicyclic) bond motifs is 1. The number of ether oxygens (including phenoxy) is 1. The normalized spacial score (nSPS) is 18.6. The number of rotatable bonds is 3. The van der Waals surface area contributed by atoms with Gasteiger partial charge in [-0.05, 0) is 18.2 Å². The maximum absolute atomic E-state index is 5.90. The Morgan fingerprint density at radius 1 is 1.38 bits per heavy atom. The minimum Gasteiger partial charge on any atom is -0.381 e. The summed E-state index contributed by atoms with van der Waals surface area (Å²) in [5, 5.41) is 1.30. The standard InChI is InChI=1S/C13H16N2O/c14-5-11(9-7-16-8-9)12-6-15-13-4-2-1-3-10(12)13/h1-4,6,9,11,15H,5,7-8,14H2. The second-order valence-corrected chi connectivity index (χ2v) is 4.43. The summed E-state index contributed by atoms with van der Waals surface area (Å²) in [7, 11) is 0. The van der Waals surface area contributed by atoms with Crippen LogP contribution in [0.1, 0.15) is 11.5 Å². The lowest BCUT2D eigenvalue weighted by molar-refractivity contribution is -0.0435. The molecule has 16 heavy (non-hydrogen) atoms. The summed E-state index contributed by atoms with van der Waals surface area (Å²) in [6, 6.07) is 8.38. The zero-order chi connectivity index (χ0) is 11.0. The molecule has 3 rings (SSSR count). The number of hydrogen-bond donors (Lipinski definition) is 2. The molecular weight excluding hydrogens is 200 g/mol. The van der Waals surface area contributed by atoms with E-state index in [1.807, 2.05) is 6.07 Å². The Morgan fingerprint density at radius 3 is 2.88 bits per heavy atom. The van der Waals surface area contributed by atoms with Gasteiger partial charge in [-0.1, -0.05) is 18.2 Å². The van der Waals surface area contributed by atoms with Crippen molar-refractivity contribution in [3.63, 3.8) is 0 Å². The van der Waals surface area contributed by atoms with Gasteiger partial charge in [-0.2, -0.15) is 0 Å². The fourth-order valence-corrected chi connectivity index (χ4v) is 2.46. The van der Waals surface area contributed by atoms with Crippen molar-refractivity contribution in [2.24, 2.45) is 11.7 Å². The zero-order valence-electron chi connectivity index (χ0n) is 9.15. The highest BCUT2D eigenvalue weighted by Gasteiger charge is 2.29. The number of H-pyrrole nitrogens is 1. The van der Waals surface area contributed by atoms with Crippen LogP contribution in [-0.2, 0) is 4.74 Å². The van der Waals surface area contributed by atoms with Crippen LogP contribution >= 0.6 is 0 Å². The Labute approximate surface area is 94.6 Å². The predicted octanol–water partition coefficient (Wildman–Crippen LogP) is 1.86. The molecule has 2 aromatic rings. The van der Waals surface area contributed by atoms with Crippen molar-refractivity contribution in [1.82, 2.24) is 4.98 Å². The molecule has 3 N–H and O–H groups in total. The smallest absolute Gasteiger partial charge is 0.0522 e. The van der Waals surface area contributed by atoms with Gasteiger partial charge in [0, 0.05) is 28.9 Å². The summed E-state index contributed by atoms with van der Waals surface area (Å²) in [6.07, 6.45) is 2.10. The number of nitrogens with one attached hydrogen (secondary N) is 1. The highest BCUT2D eigenvalue weighted by molar-refractivity contribution is 5.83. The van der Waals surface area contributed by atoms with E-state index < -0.39 is 0 Å². The van der Waals surface area contributed by atoms with Gasteiger partial charge in [0.1, 0.15) is 0 Å². The molecule has 2 heterocycles. The average molecular weight is 216 g/mol. The molecule has 1 unspecified atom stereocenters. The summed E-state index contributed by atoms with van der Waals surface area (Å²) >= 11 is 0. The Kier molecular flexibility index (Phi) is 2.42. The molecule has 1 aromatic carbocycles. The largest absolute Gasteiger partial charge is 0.381 e. The quantitative estimate of drug-likeness (QED) is 0.822. The third kappa shape index (κ3) is 1.44. The average Bonchev–Trinajstić information content (AvgIpc) is 2.67. The molecule has 3 heteroatoms. The van der Waals surface area contributed by atoms with E-state index in [4.69, 9.17) is 10.5 Å². The fourth-order valence-electron chi connectivity index (χ4n) is 2.46. The van der Waals surface area contributed by atoms with Gasteiger partial charge < -0.3 is 15.5 Å². The van der Waals surface area contributed by atoms with Gasteiger partial charge in [0.05, 0.1) is 13.2 Å². The van der Waals surface area contributed by atoms with Crippen molar-refractivity contribution >= 4 is 10.9 Å². The number of para-hydroxylation sites is 1. The number of hydrogen-bond acceptors (Lipinski definition) is 2. The van der Waals surface area contributed by atoms with E-state index >= 15 is 0 Å². The second-order valence-electron chi connectivity index (χ2n) is 4.43. The predicted molar refractivity (Wildman–Crippen MR) is 64.4 cm³/mol. The molecule has 3 nitrogen and oxygen atoms in total. The van der Waals surface area contributed by atoms with Crippen LogP contribution < -0.4 is 5.73 Å². The Balaban J connectivity index is 2.02. The van der Waals surface area contributed by atoms with Gasteiger partial charge >= 0.3 is 0 Å². The molecule has 1 aromatic heterocycles. The molecule has 0 bridgehead atoms. The summed E-state index contributed by atoms with van der Waals surface area (Å²) in [5.74, 6) is 1.01. The number of benzene rings is 1. The number of aromatic amines is 1. The van der Waals surface area contributed by atoms with Gasteiger partial charge in [-0.15, -0.1) is 0 Å². The molecule has 0 amide bonds. The molecule has 1 aliphatic heterocycles. The third-order valence-electron chi connectivity index (χ3n) is 3.51. The number of nitrogens with two attached hydrogens (primary N) is 1. The molecule has 1 aliphatic rings. The molecule has 0 spiro atoms. The van der Waals surface area contributed by atoms with Crippen molar-refractivity contribution < 1.29 is 4.74 Å². The molecule has 0 saturated carbocycles. The first-order valence-electron chi connectivity index (χ1n) is 5.74. The van der Waals surface area contributed by atoms with Crippen molar-refractivity contribution in [1.29, 1.82) is 0 Å². The van der Waals surface area contributed by atoms with Crippen LogP contribution in [-0.4, -0.2) is 24.7 Å². The first-order valence-corrected chi connectivity index (χ1v) is 5.74. The van der Waals surface area contributed by atoms with Crippen molar-refractivity contribution in [3.05, 3.63) is 36.0 Å². The van der Waals surface area contributed by atoms with Crippen LogP contribution in [0.3, 0.4) is 0 Å². The molecule has 1 fully saturated rings. The Hall–Kier alpha value is -1.32. The van der Waals surface area contributed by atoms with Gasteiger partial charge in [-0.25, -0.2) is 0 Å². The maximum Gasteiger partial charge on any atom is 0.0522 e. The highest BCUT2D eigenvalue weighted by Crippen LogP contribution is 2.33.